The maximum absolute atomic E-state index is 13.4. The largest absolute Gasteiger partial charge is 0.481 e. The first-order valence-corrected chi connectivity index (χ1v) is 9.33. The molecule has 140 valence electrons. The van der Waals surface area contributed by atoms with Gasteiger partial charge in [-0.05, 0) is 29.8 Å². The zero-order valence-corrected chi connectivity index (χ0v) is 15.6. The van der Waals surface area contributed by atoms with Gasteiger partial charge in [-0.1, -0.05) is 30.3 Å². The number of aromatic nitrogens is 1. The number of piperazine rings is 1. The normalized spacial score (nSPS) is 15.9. The lowest BCUT2D eigenvalue weighted by atomic mass is 10.1. The number of ether oxygens (including phenoxy) is 1. The van der Waals surface area contributed by atoms with Gasteiger partial charge in [0.2, 0.25) is 5.88 Å². The maximum Gasteiger partial charge on any atom is 0.218 e. The number of methoxy groups -OCH3 is 1. The van der Waals surface area contributed by atoms with Crippen LogP contribution < -0.4 is 4.74 Å². The van der Waals surface area contributed by atoms with Gasteiger partial charge in [-0.15, -0.1) is 0 Å². The van der Waals surface area contributed by atoms with Gasteiger partial charge in [0.1, 0.15) is 5.82 Å². The predicted octanol–water partition coefficient (Wildman–Crippen LogP) is 3.70. The lowest BCUT2D eigenvalue weighted by Gasteiger charge is -2.34. The van der Waals surface area contributed by atoms with Gasteiger partial charge in [0.05, 0.1) is 12.6 Å². The van der Waals surface area contributed by atoms with Crippen molar-refractivity contribution >= 4 is 10.9 Å². The molecule has 0 saturated carbocycles. The lowest BCUT2D eigenvalue weighted by Crippen LogP contribution is -2.45. The van der Waals surface area contributed by atoms with E-state index in [9.17, 15) is 4.39 Å². The average molecular weight is 365 g/mol. The highest BCUT2D eigenvalue weighted by Gasteiger charge is 2.19. The Kier molecular flexibility index (Phi) is 5.32. The number of hydrogen-bond acceptors (Lipinski definition) is 4. The summed E-state index contributed by atoms with van der Waals surface area (Å²) in [5.74, 6) is 0.540. The molecule has 1 fully saturated rings. The van der Waals surface area contributed by atoms with Gasteiger partial charge in [-0.25, -0.2) is 9.37 Å². The second kappa shape index (κ2) is 8.03. The molecule has 4 rings (SSSR count). The molecule has 0 unspecified atom stereocenters. The Morgan fingerprint density at radius 2 is 1.67 bits per heavy atom. The molecule has 0 amide bonds. The summed E-state index contributed by atoms with van der Waals surface area (Å²) >= 11 is 0. The van der Waals surface area contributed by atoms with Crippen LogP contribution in [0.1, 0.15) is 11.1 Å². The number of fused-ring (bicyclic) bond motifs is 1. The zero-order chi connectivity index (χ0) is 18.6. The van der Waals surface area contributed by atoms with Gasteiger partial charge in [0.25, 0.3) is 0 Å². The van der Waals surface area contributed by atoms with Crippen molar-refractivity contribution in [1.29, 1.82) is 0 Å². The number of halogens is 1. The van der Waals surface area contributed by atoms with E-state index in [4.69, 9.17) is 4.74 Å². The quantitative estimate of drug-likeness (QED) is 0.689. The third-order valence-corrected chi connectivity index (χ3v) is 5.11. The second-order valence-electron chi connectivity index (χ2n) is 7.03. The third-order valence-electron chi connectivity index (χ3n) is 5.11. The van der Waals surface area contributed by atoms with Crippen LogP contribution in [0.4, 0.5) is 4.39 Å². The Balaban J connectivity index is 1.39. The number of pyridine rings is 1. The second-order valence-corrected chi connectivity index (χ2v) is 7.03. The Morgan fingerprint density at radius 3 is 2.41 bits per heavy atom. The van der Waals surface area contributed by atoms with Crippen molar-refractivity contribution in [3.63, 3.8) is 0 Å². The minimum absolute atomic E-state index is 0.165. The monoisotopic (exact) mass is 365 g/mol. The number of nitrogens with zero attached hydrogens (tertiary/aromatic N) is 3. The van der Waals surface area contributed by atoms with E-state index >= 15 is 0 Å². The molecule has 1 saturated heterocycles. The summed E-state index contributed by atoms with van der Waals surface area (Å²) in [6.45, 7) is 5.53. The van der Waals surface area contributed by atoms with E-state index in [-0.39, 0.29) is 5.82 Å². The standard InChI is InChI=1S/C22H24FN3O/c1-27-22-19(14-18-6-2-3-8-21(18)24-22)16-26-11-9-25(10-12-26)15-17-5-4-7-20(23)13-17/h2-8,13-14H,9-12,15-16H2,1H3. The molecule has 27 heavy (non-hydrogen) atoms. The van der Waals surface area contributed by atoms with E-state index in [1.165, 1.54) is 6.07 Å². The molecule has 1 aromatic heterocycles. The Bertz CT molecular complexity index is 922. The van der Waals surface area contributed by atoms with Crippen LogP contribution in [-0.2, 0) is 13.1 Å². The van der Waals surface area contributed by atoms with Gasteiger partial charge >= 0.3 is 0 Å². The van der Waals surface area contributed by atoms with Gasteiger partial charge in [-0.2, -0.15) is 0 Å². The molecule has 0 N–H and O–H groups in total. The van der Waals surface area contributed by atoms with Crippen LogP contribution >= 0.6 is 0 Å². The van der Waals surface area contributed by atoms with Crippen molar-refractivity contribution in [2.75, 3.05) is 33.3 Å². The molecule has 0 aliphatic carbocycles. The minimum atomic E-state index is -0.165. The van der Waals surface area contributed by atoms with Crippen LogP contribution in [0.15, 0.2) is 54.6 Å². The smallest absolute Gasteiger partial charge is 0.218 e. The molecule has 5 heteroatoms. The van der Waals surface area contributed by atoms with Crippen molar-refractivity contribution in [3.05, 3.63) is 71.5 Å². The summed E-state index contributed by atoms with van der Waals surface area (Å²) in [5.41, 5.74) is 3.11. The Morgan fingerprint density at radius 1 is 0.926 bits per heavy atom. The highest BCUT2D eigenvalue weighted by molar-refractivity contribution is 5.80. The number of rotatable bonds is 5. The van der Waals surface area contributed by atoms with Crippen molar-refractivity contribution in [3.8, 4) is 5.88 Å². The fourth-order valence-corrected chi connectivity index (χ4v) is 3.67. The van der Waals surface area contributed by atoms with Gasteiger partial charge in [0.15, 0.2) is 0 Å². The molecule has 0 spiro atoms. The number of hydrogen-bond donors (Lipinski definition) is 0. The number of benzene rings is 2. The molecule has 2 aromatic carbocycles. The summed E-state index contributed by atoms with van der Waals surface area (Å²) in [5, 5.41) is 1.14. The topological polar surface area (TPSA) is 28.6 Å². The van der Waals surface area contributed by atoms with Gasteiger partial charge in [-0.3, -0.25) is 9.80 Å². The molecule has 0 radical (unpaired) electrons. The summed E-state index contributed by atoms with van der Waals surface area (Å²) in [7, 11) is 1.68. The average Bonchev–Trinajstić information content (AvgIpc) is 2.69. The maximum atomic E-state index is 13.4. The van der Waals surface area contributed by atoms with Crippen molar-refractivity contribution in [2.24, 2.45) is 0 Å². The number of para-hydroxylation sites is 1. The van der Waals surface area contributed by atoms with E-state index in [2.05, 4.69) is 26.9 Å². The van der Waals surface area contributed by atoms with Crippen molar-refractivity contribution < 1.29 is 9.13 Å². The van der Waals surface area contributed by atoms with Crippen LogP contribution in [0, 0.1) is 5.82 Å². The molecular formula is C22H24FN3O. The summed E-state index contributed by atoms with van der Waals surface area (Å²) in [6, 6.07) is 17.2. The van der Waals surface area contributed by atoms with Crippen LogP contribution in [0.25, 0.3) is 10.9 Å². The molecule has 4 nitrogen and oxygen atoms in total. The van der Waals surface area contributed by atoms with Crippen molar-refractivity contribution in [1.82, 2.24) is 14.8 Å². The van der Waals surface area contributed by atoms with E-state index in [0.717, 1.165) is 61.3 Å². The van der Waals surface area contributed by atoms with E-state index in [0.29, 0.717) is 5.88 Å². The van der Waals surface area contributed by atoms with Crippen LogP contribution in [0.5, 0.6) is 5.88 Å². The van der Waals surface area contributed by atoms with Crippen LogP contribution in [0.3, 0.4) is 0 Å². The van der Waals surface area contributed by atoms with Crippen molar-refractivity contribution in [2.45, 2.75) is 13.1 Å². The SMILES string of the molecule is COc1nc2ccccc2cc1CN1CCN(Cc2cccc(F)c2)CC1. The first-order chi connectivity index (χ1) is 13.2. The summed E-state index contributed by atoms with van der Waals surface area (Å²) in [6.07, 6.45) is 0. The molecule has 3 aromatic rings. The first-order valence-electron chi connectivity index (χ1n) is 9.33. The molecule has 1 aliphatic rings. The zero-order valence-electron chi connectivity index (χ0n) is 15.6. The van der Waals surface area contributed by atoms with E-state index in [1.807, 2.05) is 24.3 Å². The highest BCUT2D eigenvalue weighted by atomic mass is 19.1. The highest BCUT2D eigenvalue weighted by Crippen LogP contribution is 2.24. The lowest BCUT2D eigenvalue weighted by molar-refractivity contribution is 0.121. The fourth-order valence-electron chi connectivity index (χ4n) is 3.67. The summed E-state index contributed by atoms with van der Waals surface area (Å²) < 4.78 is 18.9. The fraction of sp³-hybridized carbons (Fsp3) is 0.318. The predicted molar refractivity (Wildman–Crippen MR) is 105 cm³/mol. The van der Waals surface area contributed by atoms with Crippen LogP contribution in [-0.4, -0.2) is 48.1 Å². The van der Waals surface area contributed by atoms with E-state index < -0.39 is 0 Å². The molecule has 0 atom stereocenters. The van der Waals surface area contributed by atoms with Gasteiger partial charge < -0.3 is 4.74 Å². The molecule has 1 aliphatic heterocycles. The summed E-state index contributed by atoms with van der Waals surface area (Å²) in [4.78, 5) is 9.45. The minimum Gasteiger partial charge on any atom is -0.481 e. The third kappa shape index (κ3) is 4.26. The first kappa shape index (κ1) is 17.9. The van der Waals surface area contributed by atoms with Gasteiger partial charge in [0, 0.05) is 50.2 Å². The Labute approximate surface area is 159 Å². The molecular weight excluding hydrogens is 341 g/mol. The Hall–Kier alpha value is -2.50. The molecule has 0 bridgehead atoms. The molecule has 2 heterocycles. The van der Waals surface area contributed by atoms with Crippen LogP contribution in [0.2, 0.25) is 0 Å². The van der Waals surface area contributed by atoms with E-state index in [1.54, 1.807) is 19.2 Å².